The Morgan fingerprint density at radius 1 is 1.47 bits per heavy atom. The number of hydrogen-bond acceptors (Lipinski definition) is 2. The maximum atomic E-state index is 13.3. The Morgan fingerprint density at radius 2 is 2.18 bits per heavy atom. The monoisotopic (exact) mass is 239 g/mol. The topological polar surface area (TPSA) is 40.5 Å². The van der Waals surface area contributed by atoms with Gasteiger partial charge in [0.1, 0.15) is 5.82 Å². The van der Waals surface area contributed by atoms with Crippen LogP contribution in [0.15, 0.2) is 18.2 Å². The van der Waals surface area contributed by atoms with E-state index in [0.29, 0.717) is 18.7 Å². The Bertz CT molecular complexity index is 393. The molecule has 0 aliphatic carbocycles. The van der Waals surface area contributed by atoms with Gasteiger partial charge in [0.2, 0.25) is 0 Å². The molecular formula is C13H18FNO2. The first-order chi connectivity index (χ1) is 8.02. The summed E-state index contributed by atoms with van der Waals surface area (Å²) in [6, 6.07) is 5.14. The minimum atomic E-state index is -0.807. The molecule has 0 aliphatic heterocycles. The second-order valence-electron chi connectivity index (χ2n) is 4.10. The highest BCUT2D eigenvalue weighted by Gasteiger charge is 2.07. The molecule has 0 radical (unpaired) electrons. The molecule has 0 bridgehead atoms. The molecule has 0 amide bonds. The lowest BCUT2D eigenvalue weighted by Crippen LogP contribution is -2.25. The summed E-state index contributed by atoms with van der Waals surface area (Å²) in [5.41, 5.74) is 1.50. The maximum Gasteiger partial charge on any atom is 0.304 e. The van der Waals surface area contributed by atoms with Gasteiger partial charge in [-0.2, -0.15) is 0 Å². The second kappa shape index (κ2) is 6.35. The summed E-state index contributed by atoms with van der Waals surface area (Å²) in [4.78, 5) is 12.5. The number of rotatable bonds is 6. The van der Waals surface area contributed by atoms with Crippen LogP contribution in [0.5, 0.6) is 0 Å². The largest absolute Gasteiger partial charge is 0.481 e. The van der Waals surface area contributed by atoms with Crippen molar-refractivity contribution in [2.45, 2.75) is 26.8 Å². The Balaban J connectivity index is 2.60. The fraction of sp³-hybridized carbons (Fsp3) is 0.462. The van der Waals surface area contributed by atoms with Gasteiger partial charge in [0.15, 0.2) is 0 Å². The summed E-state index contributed by atoms with van der Waals surface area (Å²) < 4.78 is 13.3. The van der Waals surface area contributed by atoms with Crippen LogP contribution in [0, 0.1) is 12.7 Å². The van der Waals surface area contributed by atoms with Gasteiger partial charge >= 0.3 is 5.97 Å². The first kappa shape index (κ1) is 13.6. The lowest BCUT2D eigenvalue weighted by atomic mass is 10.1. The normalized spacial score (nSPS) is 10.8. The Morgan fingerprint density at radius 3 is 2.71 bits per heavy atom. The molecule has 0 atom stereocenters. The van der Waals surface area contributed by atoms with Crippen LogP contribution >= 0.6 is 0 Å². The summed E-state index contributed by atoms with van der Waals surface area (Å²) in [6.07, 6.45) is 0.113. The third-order valence-corrected chi connectivity index (χ3v) is 2.73. The summed E-state index contributed by atoms with van der Waals surface area (Å²) in [7, 11) is 0. The smallest absolute Gasteiger partial charge is 0.304 e. The van der Waals surface area contributed by atoms with Crippen LogP contribution in [-0.4, -0.2) is 29.1 Å². The highest BCUT2D eigenvalue weighted by molar-refractivity contribution is 5.66. The predicted molar refractivity (Wildman–Crippen MR) is 64.3 cm³/mol. The minimum Gasteiger partial charge on any atom is -0.481 e. The minimum absolute atomic E-state index is 0.113. The van der Waals surface area contributed by atoms with Crippen molar-refractivity contribution in [3.05, 3.63) is 35.1 Å². The Kier molecular flexibility index (Phi) is 5.10. The maximum absolute atomic E-state index is 13.3. The molecule has 1 aromatic rings. The number of carboxylic acid groups (broad SMARTS) is 1. The van der Waals surface area contributed by atoms with E-state index in [9.17, 15) is 9.18 Å². The number of carboxylic acids is 1. The quantitative estimate of drug-likeness (QED) is 0.828. The average Bonchev–Trinajstić information content (AvgIpc) is 2.28. The zero-order chi connectivity index (χ0) is 12.8. The van der Waals surface area contributed by atoms with Crippen LogP contribution in [0.2, 0.25) is 0 Å². The van der Waals surface area contributed by atoms with E-state index in [-0.39, 0.29) is 12.2 Å². The number of nitrogens with zero attached hydrogens (tertiary/aromatic N) is 1. The lowest BCUT2D eigenvalue weighted by molar-refractivity contribution is -0.137. The number of carbonyl (C=O) groups is 1. The molecule has 0 unspecified atom stereocenters. The number of halogens is 1. The van der Waals surface area contributed by atoms with E-state index >= 15 is 0 Å². The zero-order valence-electron chi connectivity index (χ0n) is 10.2. The molecule has 1 rings (SSSR count). The second-order valence-corrected chi connectivity index (χ2v) is 4.10. The van der Waals surface area contributed by atoms with E-state index < -0.39 is 5.97 Å². The molecule has 0 aromatic heterocycles. The van der Waals surface area contributed by atoms with E-state index in [2.05, 4.69) is 0 Å². The van der Waals surface area contributed by atoms with Gasteiger partial charge in [-0.15, -0.1) is 0 Å². The third-order valence-electron chi connectivity index (χ3n) is 2.73. The summed E-state index contributed by atoms with van der Waals surface area (Å²) >= 11 is 0. The van der Waals surface area contributed by atoms with E-state index in [1.54, 1.807) is 13.0 Å². The van der Waals surface area contributed by atoms with E-state index in [1.165, 1.54) is 6.07 Å². The van der Waals surface area contributed by atoms with Gasteiger partial charge in [0, 0.05) is 13.1 Å². The van der Waals surface area contributed by atoms with Crippen LogP contribution in [-0.2, 0) is 11.3 Å². The first-order valence-corrected chi connectivity index (χ1v) is 5.72. The number of aliphatic carboxylic acids is 1. The van der Waals surface area contributed by atoms with E-state index in [0.717, 1.165) is 12.1 Å². The number of hydrogen-bond donors (Lipinski definition) is 1. The summed E-state index contributed by atoms with van der Waals surface area (Å²) in [6.45, 7) is 5.51. The SMILES string of the molecule is CCN(CCC(=O)O)Cc1ccc(C)c(F)c1. The molecule has 17 heavy (non-hydrogen) atoms. The molecule has 1 aromatic carbocycles. The Labute approximate surface area is 101 Å². The molecule has 0 heterocycles. The summed E-state index contributed by atoms with van der Waals surface area (Å²) in [5, 5.41) is 8.62. The highest BCUT2D eigenvalue weighted by atomic mass is 19.1. The first-order valence-electron chi connectivity index (χ1n) is 5.72. The Hall–Kier alpha value is -1.42. The molecule has 0 fully saturated rings. The van der Waals surface area contributed by atoms with Crippen molar-refractivity contribution in [3.63, 3.8) is 0 Å². The van der Waals surface area contributed by atoms with Crippen LogP contribution in [0.1, 0.15) is 24.5 Å². The summed E-state index contributed by atoms with van der Waals surface area (Å²) in [5.74, 6) is -1.02. The molecule has 4 heteroatoms. The molecule has 0 spiro atoms. The predicted octanol–water partition coefficient (Wildman–Crippen LogP) is 2.43. The van der Waals surface area contributed by atoms with E-state index in [4.69, 9.17) is 5.11 Å². The van der Waals surface area contributed by atoms with Crippen molar-refractivity contribution in [2.24, 2.45) is 0 Å². The molecular weight excluding hydrogens is 221 g/mol. The fourth-order valence-corrected chi connectivity index (χ4v) is 1.60. The van der Waals surface area contributed by atoms with Crippen LogP contribution in [0.3, 0.4) is 0 Å². The molecule has 3 nitrogen and oxygen atoms in total. The molecule has 94 valence electrons. The van der Waals surface area contributed by atoms with Crippen LogP contribution in [0.25, 0.3) is 0 Å². The van der Waals surface area contributed by atoms with Gasteiger partial charge in [0.05, 0.1) is 6.42 Å². The van der Waals surface area contributed by atoms with Crippen molar-refractivity contribution >= 4 is 5.97 Å². The van der Waals surface area contributed by atoms with Crippen molar-refractivity contribution in [1.29, 1.82) is 0 Å². The van der Waals surface area contributed by atoms with Crippen molar-refractivity contribution in [2.75, 3.05) is 13.1 Å². The fourth-order valence-electron chi connectivity index (χ4n) is 1.60. The third kappa shape index (κ3) is 4.53. The van der Waals surface area contributed by atoms with Gasteiger partial charge in [0.25, 0.3) is 0 Å². The molecule has 0 saturated heterocycles. The van der Waals surface area contributed by atoms with Gasteiger partial charge < -0.3 is 5.11 Å². The lowest BCUT2D eigenvalue weighted by Gasteiger charge is -2.19. The van der Waals surface area contributed by atoms with Gasteiger partial charge in [-0.05, 0) is 30.7 Å². The van der Waals surface area contributed by atoms with Crippen molar-refractivity contribution < 1.29 is 14.3 Å². The zero-order valence-corrected chi connectivity index (χ0v) is 10.2. The number of benzene rings is 1. The standard InChI is InChI=1S/C13H18FNO2/c1-3-15(7-6-13(16)17)9-11-5-4-10(2)12(14)8-11/h4-5,8H,3,6-7,9H2,1-2H3,(H,16,17). The van der Waals surface area contributed by atoms with Crippen molar-refractivity contribution in [1.82, 2.24) is 4.90 Å². The number of aryl methyl sites for hydroxylation is 1. The highest BCUT2D eigenvalue weighted by Crippen LogP contribution is 2.11. The molecule has 1 N–H and O–H groups in total. The van der Waals surface area contributed by atoms with Crippen LogP contribution < -0.4 is 0 Å². The van der Waals surface area contributed by atoms with Gasteiger partial charge in [-0.3, -0.25) is 9.69 Å². The average molecular weight is 239 g/mol. The molecule has 0 saturated carbocycles. The van der Waals surface area contributed by atoms with E-state index in [1.807, 2.05) is 17.9 Å². The van der Waals surface area contributed by atoms with Gasteiger partial charge in [-0.1, -0.05) is 19.1 Å². The van der Waals surface area contributed by atoms with Crippen molar-refractivity contribution in [3.8, 4) is 0 Å². The van der Waals surface area contributed by atoms with Crippen LogP contribution in [0.4, 0.5) is 4.39 Å². The van der Waals surface area contributed by atoms with Gasteiger partial charge in [-0.25, -0.2) is 4.39 Å². The molecule has 0 aliphatic rings.